The number of aryl methyl sites for hydroxylation is 1. The van der Waals surface area contributed by atoms with Gasteiger partial charge in [-0.15, -0.1) is 0 Å². The van der Waals surface area contributed by atoms with Crippen molar-refractivity contribution in [1.82, 2.24) is 5.32 Å². The highest BCUT2D eigenvalue weighted by atomic mass is 16.6. The van der Waals surface area contributed by atoms with Gasteiger partial charge in [-0.1, -0.05) is 43.7 Å². The van der Waals surface area contributed by atoms with Gasteiger partial charge in [-0.25, -0.2) is 9.59 Å². The largest absolute Gasteiger partial charge is 0.482 e. The number of carbonyl (C=O) groups excluding carboxylic acids is 2. The molecule has 0 bridgehead atoms. The molecule has 0 radical (unpaired) electrons. The van der Waals surface area contributed by atoms with Gasteiger partial charge in [0.2, 0.25) is 0 Å². The molecule has 3 aromatic rings. The molecule has 0 aliphatic rings. The molecule has 1 atom stereocenters. The normalized spacial score (nSPS) is 11.7. The third-order valence-electron chi connectivity index (χ3n) is 4.76. The van der Waals surface area contributed by atoms with Gasteiger partial charge in [0.25, 0.3) is 5.91 Å². The number of ether oxygens (including phenoxy) is 2. The van der Waals surface area contributed by atoms with E-state index in [1.54, 1.807) is 18.2 Å². The zero-order valence-electron chi connectivity index (χ0n) is 17.6. The highest BCUT2D eigenvalue weighted by Crippen LogP contribution is 2.22. The van der Waals surface area contributed by atoms with Crippen molar-refractivity contribution < 1.29 is 23.5 Å². The molecule has 0 fully saturated rings. The summed E-state index contributed by atoms with van der Waals surface area (Å²) >= 11 is 0. The maximum Gasteiger partial charge on any atom is 0.344 e. The Morgan fingerprint density at radius 1 is 1.06 bits per heavy atom. The topological polar surface area (TPSA) is 94.8 Å². The van der Waals surface area contributed by atoms with Crippen LogP contribution in [0.4, 0.5) is 0 Å². The first-order chi connectivity index (χ1) is 15.0. The third kappa shape index (κ3) is 6.18. The Bertz CT molecular complexity index is 1110. The standard InChI is InChI=1S/C24H25NO6/c1-3-7-20(17-8-5-4-6-9-17)25-22(26)14-30-24(28)15-29-18-10-11-19-16(2)12-23(27)31-21(19)13-18/h4-6,8-13,20H,3,7,14-15H2,1-2H3,(H,25,26)/t20-/m1/s1. The van der Waals surface area contributed by atoms with Crippen LogP contribution in [-0.2, 0) is 14.3 Å². The number of amides is 1. The minimum absolute atomic E-state index is 0.135. The first-order valence-corrected chi connectivity index (χ1v) is 10.1. The van der Waals surface area contributed by atoms with Gasteiger partial charge in [0.1, 0.15) is 11.3 Å². The molecular weight excluding hydrogens is 398 g/mol. The summed E-state index contributed by atoms with van der Waals surface area (Å²) in [4.78, 5) is 35.7. The molecule has 7 heteroatoms. The SMILES string of the molecule is CCC[C@@H](NC(=O)COC(=O)COc1ccc2c(C)cc(=O)oc2c1)c1ccccc1. The zero-order valence-corrected chi connectivity index (χ0v) is 17.6. The van der Waals surface area contributed by atoms with E-state index in [4.69, 9.17) is 13.9 Å². The predicted octanol–water partition coefficient (Wildman–Crippen LogP) is 3.68. The number of hydrogen-bond acceptors (Lipinski definition) is 6. The average molecular weight is 423 g/mol. The number of benzene rings is 2. The van der Waals surface area contributed by atoms with E-state index in [-0.39, 0.29) is 25.2 Å². The first-order valence-electron chi connectivity index (χ1n) is 10.1. The van der Waals surface area contributed by atoms with Crippen LogP contribution in [0.5, 0.6) is 5.75 Å². The zero-order chi connectivity index (χ0) is 22.2. The molecule has 1 aromatic heterocycles. The van der Waals surface area contributed by atoms with Gasteiger partial charge in [0.15, 0.2) is 13.2 Å². The van der Waals surface area contributed by atoms with Crippen LogP contribution in [0.15, 0.2) is 63.8 Å². The van der Waals surface area contributed by atoms with Gasteiger partial charge in [0, 0.05) is 17.5 Å². The molecule has 31 heavy (non-hydrogen) atoms. The molecule has 0 aliphatic carbocycles. The van der Waals surface area contributed by atoms with E-state index >= 15 is 0 Å². The summed E-state index contributed by atoms with van der Waals surface area (Å²) in [5.41, 5.74) is 1.72. The van der Waals surface area contributed by atoms with Crippen LogP contribution in [0.1, 0.15) is 36.9 Å². The predicted molar refractivity (Wildman–Crippen MR) is 116 cm³/mol. The van der Waals surface area contributed by atoms with E-state index in [1.807, 2.05) is 44.2 Å². The van der Waals surface area contributed by atoms with E-state index in [1.165, 1.54) is 6.07 Å². The lowest BCUT2D eigenvalue weighted by Crippen LogP contribution is -2.33. The van der Waals surface area contributed by atoms with Crippen LogP contribution >= 0.6 is 0 Å². The Balaban J connectivity index is 1.50. The monoisotopic (exact) mass is 423 g/mol. The molecule has 1 heterocycles. The minimum atomic E-state index is -0.673. The van der Waals surface area contributed by atoms with Crippen molar-refractivity contribution in [2.24, 2.45) is 0 Å². The lowest BCUT2D eigenvalue weighted by atomic mass is 10.0. The summed E-state index contributed by atoms with van der Waals surface area (Å²) in [7, 11) is 0. The summed E-state index contributed by atoms with van der Waals surface area (Å²) in [5.74, 6) is -0.693. The second kappa shape index (κ2) is 10.4. The quantitative estimate of drug-likeness (QED) is 0.417. The van der Waals surface area contributed by atoms with Gasteiger partial charge in [0.05, 0.1) is 6.04 Å². The molecule has 7 nitrogen and oxygen atoms in total. The van der Waals surface area contributed by atoms with Crippen molar-refractivity contribution in [1.29, 1.82) is 0 Å². The number of carbonyl (C=O) groups is 2. The van der Waals surface area contributed by atoms with Crippen LogP contribution in [-0.4, -0.2) is 25.1 Å². The number of esters is 1. The second-order valence-electron chi connectivity index (χ2n) is 7.18. The lowest BCUT2D eigenvalue weighted by Gasteiger charge is -2.18. The van der Waals surface area contributed by atoms with E-state index in [2.05, 4.69) is 5.32 Å². The molecule has 3 rings (SSSR count). The van der Waals surface area contributed by atoms with E-state index < -0.39 is 11.6 Å². The molecule has 0 saturated carbocycles. The van der Waals surface area contributed by atoms with E-state index in [0.717, 1.165) is 29.4 Å². The fourth-order valence-corrected chi connectivity index (χ4v) is 3.26. The van der Waals surface area contributed by atoms with Gasteiger partial charge >= 0.3 is 11.6 Å². The van der Waals surface area contributed by atoms with Gasteiger partial charge in [-0.05, 0) is 36.6 Å². The first kappa shape index (κ1) is 22.1. The molecule has 0 saturated heterocycles. The smallest absolute Gasteiger partial charge is 0.344 e. The highest BCUT2D eigenvalue weighted by molar-refractivity contribution is 5.82. The summed E-state index contributed by atoms with van der Waals surface area (Å²) < 4.78 is 15.6. The van der Waals surface area contributed by atoms with E-state index in [9.17, 15) is 14.4 Å². The maximum absolute atomic E-state index is 12.2. The van der Waals surface area contributed by atoms with Crippen molar-refractivity contribution >= 4 is 22.8 Å². The van der Waals surface area contributed by atoms with Crippen molar-refractivity contribution in [2.75, 3.05) is 13.2 Å². The fourth-order valence-electron chi connectivity index (χ4n) is 3.26. The van der Waals surface area contributed by atoms with Crippen LogP contribution in [0.2, 0.25) is 0 Å². The molecule has 0 spiro atoms. The number of hydrogen-bond donors (Lipinski definition) is 1. The van der Waals surface area contributed by atoms with Crippen LogP contribution in [0.25, 0.3) is 11.0 Å². The Kier molecular flexibility index (Phi) is 7.43. The lowest BCUT2D eigenvalue weighted by molar-refractivity contribution is -0.150. The number of fused-ring (bicyclic) bond motifs is 1. The Hall–Kier alpha value is -3.61. The van der Waals surface area contributed by atoms with Crippen molar-refractivity contribution in [3.8, 4) is 5.75 Å². The Morgan fingerprint density at radius 3 is 2.58 bits per heavy atom. The van der Waals surface area contributed by atoms with Crippen molar-refractivity contribution in [2.45, 2.75) is 32.7 Å². The highest BCUT2D eigenvalue weighted by Gasteiger charge is 2.15. The van der Waals surface area contributed by atoms with E-state index in [0.29, 0.717) is 11.3 Å². The van der Waals surface area contributed by atoms with Gasteiger partial charge in [-0.3, -0.25) is 4.79 Å². The molecule has 162 valence electrons. The van der Waals surface area contributed by atoms with Crippen molar-refractivity contribution in [3.05, 3.63) is 76.1 Å². The summed E-state index contributed by atoms with van der Waals surface area (Å²) in [6.45, 7) is 3.09. The second-order valence-corrected chi connectivity index (χ2v) is 7.18. The molecule has 2 aromatic carbocycles. The molecule has 0 unspecified atom stereocenters. The minimum Gasteiger partial charge on any atom is -0.482 e. The molecular formula is C24H25NO6. The van der Waals surface area contributed by atoms with Crippen LogP contribution in [0.3, 0.4) is 0 Å². The fraction of sp³-hybridized carbons (Fsp3) is 0.292. The number of rotatable bonds is 9. The Labute approximate surface area is 180 Å². The van der Waals surface area contributed by atoms with Crippen molar-refractivity contribution in [3.63, 3.8) is 0 Å². The molecule has 0 aliphatic heterocycles. The third-order valence-corrected chi connectivity index (χ3v) is 4.76. The molecule has 1 N–H and O–H groups in total. The summed E-state index contributed by atoms with van der Waals surface area (Å²) in [5, 5.41) is 3.68. The summed E-state index contributed by atoms with van der Waals surface area (Å²) in [6.07, 6.45) is 1.68. The summed E-state index contributed by atoms with van der Waals surface area (Å²) in [6, 6.07) is 15.9. The maximum atomic E-state index is 12.2. The number of nitrogens with one attached hydrogen (secondary N) is 1. The Morgan fingerprint density at radius 2 is 1.84 bits per heavy atom. The van der Waals surface area contributed by atoms with Gasteiger partial charge < -0.3 is 19.2 Å². The average Bonchev–Trinajstić information content (AvgIpc) is 2.76. The van der Waals surface area contributed by atoms with Crippen LogP contribution in [0, 0.1) is 6.92 Å². The molecule has 1 amide bonds. The van der Waals surface area contributed by atoms with Crippen LogP contribution < -0.4 is 15.7 Å². The van der Waals surface area contributed by atoms with Gasteiger partial charge in [-0.2, -0.15) is 0 Å².